The second-order valence-electron chi connectivity index (χ2n) is 3.70. The summed E-state index contributed by atoms with van der Waals surface area (Å²) in [4.78, 5) is 24.3. The zero-order valence-corrected chi connectivity index (χ0v) is 8.93. The van der Waals surface area contributed by atoms with Crippen LogP contribution in [0.4, 0.5) is 0 Å². The highest BCUT2D eigenvalue weighted by atomic mass is 16.4. The molecule has 90 valence electrons. The number of carbonyl (C=O) groups is 1. The van der Waals surface area contributed by atoms with Crippen molar-refractivity contribution < 1.29 is 14.3 Å². The number of aromatic amines is 2. The van der Waals surface area contributed by atoms with Gasteiger partial charge < -0.3 is 9.52 Å². The Labute approximate surface area is 99.1 Å². The van der Waals surface area contributed by atoms with Gasteiger partial charge in [0.25, 0.3) is 0 Å². The van der Waals surface area contributed by atoms with Gasteiger partial charge in [0.05, 0.1) is 11.2 Å². The molecule has 0 spiro atoms. The van der Waals surface area contributed by atoms with E-state index < -0.39 is 11.7 Å². The lowest BCUT2D eigenvalue weighted by Crippen LogP contribution is -1.95. The number of nitrogens with one attached hydrogen (secondary N) is 2. The molecule has 1 aromatic carbocycles. The van der Waals surface area contributed by atoms with Gasteiger partial charge in [-0.05, 0) is 24.3 Å². The summed E-state index contributed by atoms with van der Waals surface area (Å²) < 4.78 is 4.87. The number of aromatic carboxylic acids is 1. The molecule has 3 rings (SSSR count). The maximum atomic E-state index is 11.0. The van der Waals surface area contributed by atoms with Gasteiger partial charge in [-0.1, -0.05) is 0 Å². The first-order valence-corrected chi connectivity index (χ1v) is 5.05. The van der Waals surface area contributed by atoms with Crippen molar-refractivity contribution in [2.45, 2.75) is 0 Å². The molecule has 0 atom stereocenters. The average Bonchev–Trinajstić information content (AvgIpc) is 2.91. The molecule has 0 radical (unpaired) electrons. The van der Waals surface area contributed by atoms with Gasteiger partial charge in [0.1, 0.15) is 5.69 Å². The van der Waals surface area contributed by atoms with Crippen molar-refractivity contribution in [3.8, 4) is 11.3 Å². The van der Waals surface area contributed by atoms with E-state index in [1.54, 1.807) is 18.2 Å². The molecule has 18 heavy (non-hydrogen) atoms. The number of nitrogens with zero attached hydrogens (tertiary/aromatic N) is 1. The van der Waals surface area contributed by atoms with Crippen molar-refractivity contribution in [1.29, 1.82) is 0 Å². The highest BCUT2D eigenvalue weighted by molar-refractivity contribution is 5.87. The van der Waals surface area contributed by atoms with Gasteiger partial charge in [0.15, 0.2) is 5.58 Å². The Morgan fingerprint density at radius 3 is 2.89 bits per heavy atom. The van der Waals surface area contributed by atoms with Crippen molar-refractivity contribution in [1.82, 2.24) is 15.2 Å². The first kappa shape index (κ1) is 10.3. The zero-order valence-electron chi connectivity index (χ0n) is 8.93. The second-order valence-corrected chi connectivity index (χ2v) is 3.70. The Morgan fingerprint density at radius 2 is 2.17 bits per heavy atom. The standard InChI is InChI=1S/C11H7N3O4/c15-10(16)8-4-6(13-14-8)5-1-2-9-7(3-5)12-11(17)18-9/h1-4H,(H,12,17)(H,13,14)(H,15,16). The van der Waals surface area contributed by atoms with Gasteiger partial charge in [-0.25, -0.2) is 9.59 Å². The summed E-state index contributed by atoms with van der Waals surface area (Å²) in [5, 5.41) is 15.1. The fourth-order valence-corrected chi connectivity index (χ4v) is 1.69. The summed E-state index contributed by atoms with van der Waals surface area (Å²) in [5.74, 6) is -1.61. The summed E-state index contributed by atoms with van der Waals surface area (Å²) in [5.41, 5.74) is 2.15. The van der Waals surface area contributed by atoms with Gasteiger partial charge in [0, 0.05) is 5.56 Å². The van der Waals surface area contributed by atoms with E-state index in [0.717, 1.165) is 0 Å². The van der Waals surface area contributed by atoms with E-state index in [-0.39, 0.29) is 5.69 Å². The van der Waals surface area contributed by atoms with Gasteiger partial charge in [-0.15, -0.1) is 0 Å². The van der Waals surface area contributed by atoms with Crippen molar-refractivity contribution >= 4 is 17.1 Å². The smallest absolute Gasteiger partial charge is 0.417 e. The third-order valence-electron chi connectivity index (χ3n) is 2.52. The number of carboxylic acids is 1. The highest BCUT2D eigenvalue weighted by Crippen LogP contribution is 2.21. The number of hydrogen-bond donors (Lipinski definition) is 3. The molecule has 2 heterocycles. The Morgan fingerprint density at radius 1 is 1.33 bits per heavy atom. The maximum Gasteiger partial charge on any atom is 0.417 e. The third kappa shape index (κ3) is 1.58. The summed E-state index contributed by atoms with van der Waals surface area (Å²) in [6.07, 6.45) is 0. The maximum absolute atomic E-state index is 11.0. The van der Waals surface area contributed by atoms with Crippen LogP contribution < -0.4 is 5.76 Å². The molecule has 0 aliphatic heterocycles. The first-order chi connectivity index (χ1) is 8.63. The third-order valence-corrected chi connectivity index (χ3v) is 2.52. The minimum absolute atomic E-state index is 0.00536. The summed E-state index contributed by atoms with van der Waals surface area (Å²) in [6, 6.07) is 6.41. The highest BCUT2D eigenvalue weighted by Gasteiger charge is 2.10. The normalized spacial score (nSPS) is 10.9. The lowest BCUT2D eigenvalue weighted by Gasteiger charge is -1.94. The quantitative estimate of drug-likeness (QED) is 0.628. The van der Waals surface area contributed by atoms with Gasteiger partial charge in [-0.3, -0.25) is 10.1 Å². The average molecular weight is 245 g/mol. The fraction of sp³-hybridized carbons (Fsp3) is 0. The van der Waals surface area contributed by atoms with E-state index in [1.807, 2.05) is 0 Å². The van der Waals surface area contributed by atoms with Gasteiger partial charge in [0.2, 0.25) is 0 Å². The molecule has 0 fully saturated rings. The number of oxazole rings is 1. The molecule has 3 aromatic rings. The summed E-state index contributed by atoms with van der Waals surface area (Å²) in [6.45, 7) is 0. The Balaban J connectivity index is 2.12. The number of carboxylic acid groups (broad SMARTS) is 1. The van der Waals surface area contributed by atoms with E-state index in [9.17, 15) is 9.59 Å². The van der Waals surface area contributed by atoms with Crippen LogP contribution >= 0.6 is 0 Å². The largest absolute Gasteiger partial charge is 0.477 e. The Bertz CT molecular complexity index is 796. The van der Waals surface area contributed by atoms with Crippen molar-refractivity contribution in [3.63, 3.8) is 0 Å². The Kier molecular flexibility index (Phi) is 2.06. The fourth-order valence-electron chi connectivity index (χ4n) is 1.69. The number of fused-ring (bicyclic) bond motifs is 1. The van der Waals surface area contributed by atoms with Crippen LogP contribution in [0.5, 0.6) is 0 Å². The van der Waals surface area contributed by atoms with Crippen LogP contribution in [0, 0.1) is 0 Å². The second kappa shape index (κ2) is 3.59. The van der Waals surface area contributed by atoms with E-state index in [0.29, 0.717) is 22.4 Å². The Hall–Kier alpha value is -2.83. The molecule has 2 aromatic heterocycles. The molecule has 7 nitrogen and oxygen atoms in total. The molecule has 0 saturated heterocycles. The number of benzene rings is 1. The number of H-pyrrole nitrogens is 2. The molecular formula is C11H7N3O4. The SMILES string of the molecule is O=C(O)c1cc(-c2ccc3oc(=O)[nH]c3c2)n[nH]1. The van der Waals surface area contributed by atoms with Crippen LogP contribution in [0.1, 0.15) is 10.5 Å². The van der Waals surface area contributed by atoms with Crippen LogP contribution in [0.25, 0.3) is 22.4 Å². The summed E-state index contributed by atoms with van der Waals surface area (Å²) >= 11 is 0. The molecule has 0 saturated carbocycles. The number of rotatable bonds is 2. The molecular weight excluding hydrogens is 238 g/mol. The summed E-state index contributed by atoms with van der Waals surface area (Å²) in [7, 11) is 0. The van der Waals surface area contributed by atoms with Crippen LogP contribution in [0.3, 0.4) is 0 Å². The predicted molar refractivity (Wildman–Crippen MR) is 61.4 cm³/mol. The molecule has 0 amide bonds. The van der Waals surface area contributed by atoms with Crippen LogP contribution in [0.15, 0.2) is 33.5 Å². The van der Waals surface area contributed by atoms with Gasteiger partial charge in [-0.2, -0.15) is 5.10 Å². The molecule has 0 unspecified atom stereocenters. The van der Waals surface area contributed by atoms with Crippen LogP contribution in [-0.2, 0) is 0 Å². The van der Waals surface area contributed by atoms with Crippen molar-refractivity contribution in [3.05, 3.63) is 40.5 Å². The number of hydrogen-bond acceptors (Lipinski definition) is 4. The molecule has 0 bridgehead atoms. The first-order valence-electron chi connectivity index (χ1n) is 5.05. The van der Waals surface area contributed by atoms with Crippen molar-refractivity contribution in [2.75, 3.05) is 0 Å². The van der Waals surface area contributed by atoms with Crippen molar-refractivity contribution in [2.24, 2.45) is 0 Å². The van der Waals surface area contributed by atoms with E-state index >= 15 is 0 Å². The zero-order chi connectivity index (χ0) is 12.7. The van der Waals surface area contributed by atoms with Gasteiger partial charge >= 0.3 is 11.7 Å². The topological polar surface area (TPSA) is 112 Å². The van der Waals surface area contributed by atoms with E-state index in [1.165, 1.54) is 6.07 Å². The van der Waals surface area contributed by atoms with Crippen LogP contribution in [0.2, 0.25) is 0 Å². The number of aromatic nitrogens is 3. The monoisotopic (exact) mass is 245 g/mol. The van der Waals surface area contributed by atoms with E-state index in [4.69, 9.17) is 9.52 Å². The predicted octanol–water partition coefficient (Wildman–Crippen LogP) is 1.21. The minimum Gasteiger partial charge on any atom is -0.477 e. The lowest BCUT2D eigenvalue weighted by molar-refractivity contribution is 0.0690. The molecule has 0 aliphatic rings. The molecule has 3 N–H and O–H groups in total. The molecule has 0 aliphatic carbocycles. The lowest BCUT2D eigenvalue weighted by atomic mass is 10.1. The van der Waals surface area contributed by atoms with E-state index in [2.05, 4.69) is 15.2 Å². The minimum atomic E-state index is -1.08. The van der Waals surface area contributed by atoms with Crippen LogP contribution in [-0.4, -0.2) is 26.3 Å². The molecule has 7 heteroatoms.